The Morgan fingerprint density at radius 2 is 2.09 bits per heavy atom. The van der Waals surface area contributed by atoms with Gasteiger partial charge < -0.3 is 9.84 Å². The van der Waals surface area contributed by atoms with E-state index in [1.807, 2.05) is 24.3 Å². The lowest BCUT2D eigenvalue weighted by molar-refractivity contribution is -0.139. The first-order chi connectivity index (χ1) is 10.6. The summed E-state index contributed by atoms with van der Waals surface area (Å²) in [6.45, 7) is 2.15. The number of hydrogen-bond donors (Lipinski definition) is 1. The predicted octanol–water partition coefficient (Wildman–Crippen LogP) is 4.81. The molecule has 122 valence electrons. The summed E-state index contributed by atoms with van der Waals surface area (Å²) in [6.07, 6.45) is 4.78. The van der Waals surface area contributed by atoms with Gasteiger partial charge in [0.15, 0.2) is 5.72 Å². The van der Waals surface area contributed by atoms with E-state index in [1.54, 1.807) is 12.0 Å². The quantitative estimate of drug-likeness (QED) is 0.375. The summed E-state index contributed by atoms with van der Waals surface area (Å²) < 4.78 is 6.96. The highest BCUT2D eigenvalue weighted by Gasteiger charge is 2.49. The molecule has 0 aromatic heterocycles. The predicted molar refractivity (Wildman–Crippen MR) is 94.9 cm³/mol. The van der Waals surface area contributed by atoms with Crippen molar-refractivity contribution in [3.05, 3.63) is 33.4 Å². The minimum absolute atomic E-state index is 0.0788. The first-order valence-electron chi connectivity index (χ1n) is 7.89. The lowest BCUT2D eigenvalue weighted by atomic mass is 9.94. The Bertz CT molecular complexity index is 518. The maximum absolute atomic E-state index is 11.9. The summed E-state index contributed by atoms with van der Waals surface area (Å²) in [5.74, 6) is 0. The molecule has 5 heteroatoms. The van der Waals surface area contributed by atoms with Crippen molar-refractivity contribution in [1.29, 1.82) is 0 Å². The molecule has 4 nitrogen and oxygen atoms in total. The molecule has 1 aromatic carbocycles. The highest BCUT2D eigenvalue weighted by atomic mass is 127. The number of halogens is 1. The van der Waals surface area contributed by atoms with Crippen molar-refractivity contribution in [3.63, 3.8) is 0 Å². The number of hydrogen-bond acceptors (Lipinski definition) is 2. The molecular formula is C17H24INO3. The molecular weight excluding hydrogens is 393 g/mol. The van der Waals surface area contributed by atoms with Crippen LogP contribution in [0.25, 0.3) is 0 Å². The molecule has 1 unspecified atom stereocenters. The number of rotatable bonds is 8. The molecule has 22 heavy (non-hydrogen) atoms. The summed E-state index contributed by atoms with van der Waals surface area (Å²) in [7, 11) is 1.63. The number of nitrogens with zero attached hydrogens (tertiary/aromatic N) is 1. The van der Waals surface area contributed by atoms with Crippen LogP contribution in [-0.2, 0) is 10.5 Å². The number of amides is 1. The number of carbonyl (C=O) groups is 1. The van der Waals surface area contributed by atoms with Crippen LogP contribution in [0.3, 0.4) is 0 Å². The fraction of sp³-hybridized carbons (Fsp3) is 0.588. The van der Waals surface area contributed by atoms with Gasteiger partial charge in [0.05, 0.1) is 0 Å². The van der Waals surface area contributed by atoms with E-state index >= 15 is 0 Å². The molecule has 0 saturated heterocycles. The third kappa shape index (κ3) is 3.56. The first kappa shape index (κ1) is 17.5. The topological polar surface area (TPSA) is 49.8 Å². The Balaban J connectivity index is 2.45. The van der Waals surface area contributed by atoms with E-state index in [0.717, 1.165) is 41.2 Å². The third-order valence-corrected chi connectivity index (χ3v) is 5.20. The van der Waals surface area contributed by atoms with E-state index in [-0.39, 0.29) is 6.04 Å². The third-order valence-electron chi connectivity index (χ3n) is 4.26. The molecule has 1 fully saturated rings. The Kier molecular flexibility index (Phi) is 6.09. The molecule has 1 saturated carbocycles. The monoisotopic (exact) mass is 417 g/mol. The van der Waals surface area contributed by atoms with Crippen LogP contribution in [0.5, 0.6) is 0 Å². The standard InChI is InChI=1S/C17H24INO3/c1-3-4-7-12-17(22-2,14-8-5-6-9-15(14)18)19(16(20)21)13-10-11-13/h5-6,8-9,13H,3-4,7,10-12H2,1-2H3,(H,20,21). The number of carboxylic acid groups (broad SMARTS) is 1. The fourth-order valence-corrected chi connectivity index (χ4v) is 3.84. The zero-order valence-electron chi connectivity index (χ0n) is 13.2. The van der Waals surface area contributed by atoms with Gasteiger partial charge in [-0.1, -0.05) is 38.0 Å². The van der Waals surface area contributed by atoms with Crippen LogP contribution in [0.1, 0.15) is 51.0 Å². The highest BCUT2D eigenvalue weighted by Crippen LogP contribution is 2.43. The van der Waals surface area contributed by atoms with Crippen molar-refractivity contribution in [3.8, 4) is 0 Å². The van der Waals surface area contributed by atoms with Gasteiger partial charge in [-0.2, -0.15) is 0 Å². The second kappa shape index (κ2) is 7.64. The van der Waals surface area contributed by atoms with Crippen LogP contribution in [0.15, 0.2) is 24.3 Å². The summed E-state index contributed by atoms with van der Waals surface area (Å²) in [5.41, 5.74) is 0.0865. The summed E-state index contributed by atoms with van der Waals surface area (Å²) in [5, 5.41) is 9.80. The van der Waals surface area contributed by atoms with Gasteiger partial charge in [0.2, 0.25) is 0 Å². The van der Waals surface area contributed by atoms with Crippen LogP contribution in [0, 0.1) is 3.57 Å². The van der Waals surface area contributed by atoms with Gasteiger partial charge in [0.1, 0.15) is 0 Å². The smallest absolute Gasteiger partial charge is 0.410 e. The lowest BCUT2D eigenvalue weighted by Crippen LogP contribution is -2.52. The van der Waals surface area contributed by atoms with Crippen molar-refractivity contribution in [1.82, 2.24) is 4.90 Å². The van der Waals surface area contributed by atoms with Gasteiger partial charge in [-0.3, -0.25) is 4.90 Å². The van der Waals surface area contributed by atoms with Gasteiger partial charge in [-0.15, -0.1) is 0 Å². The van der Waals surface area contributed by atoms with E-state index in [4.69, 9.17) is 4.74 Å². The van der Waals surface area contributed by atoms with Crippen molar-refractivity contribution in [2.24, 2.45) is 0 Å². The molecule has 1 aliphatic carbocycles. The van der Waals surface area contributed by atoms with E-state index in [2.05, 4.69) is 29.5 Å². The lowest BCUT2D eigenvalue weighted by Gasteiger charge is -2.42. The van der Waals surface area contributed by atoms with E-state index in [9.17, 15) is 9.90 Å². The minimum atomic E-state index is -0.888. The van der Waals surface area contributed by atoms with Gasteiger partial charge in [-0.25, -0.2) is 4.79 Å². The molecule has 1 amide bonds. The van der Waals surface area contributed by atoms with Crippen LogP contribution >= 0.6 is 22.6 Å². The minimum Gasteiger partial charge on any atom is -0.465 e. The SMILES string of the molecule is CCCCCC(OC)(c1ccccc1I)N(C(=O)O)C1CC1. The van der Waals surface area contributed by atoms with E-state index < -0.39 is 11.8 Å². The molecule has 0 radical (unpaired) electrons. The van der Waals surface area contributed by atoms with Crippen molar-refractivity contribution in [2.75, 3.05) is 7.11 Å². The van der Waals surface area contributed by atoms with Crippen LogP contribution in [-0.4, -0.2) is 29.3 Å². The molecule has 1 N–H and O–H groups in total. The summed E-state index contributed by atoms with van der Waals surface area (Å²) in [4.78, 5) is 13.5. The maximum atomic E-state index is 11.9. The molecule has 0 heterocycles. The number of benzene rings is 1. The van der Waals surface area contributed by atoms with Gasteiger partial charge in [-0.05, 0) is 47.9 Å². The van der Waals surface area contributed by atoms with Crippen LogP contribution < -0.4 is 0 Å². The summed E-state index contributed by atoms with van der Waals surface area (Å²) >= 11 is 2.27. The largest absolute Gasteiger partial charge is 0.465 e. The highest BCUT2D eigenvalue weighted by molar-refractivity contribution is 14.1. The number of ether oxygens (including phenoxy) is 1. The van der Waals surface area contributed by atoms with Gasteiger partial charge >= 0.3 is 6.09 Å². The van der Waals surface area contributed by atoms with Crippen LogP contribution in [0.2, 0.25) is 0 Å². The van der Waals surface area contributed by atoms with Crippen molar-refractivity contribution < 1.29 is 14.6 Å². The van der Waals surface area contributed by atoms with Gasteiger partial charge in [0, 0.05) is 28.7 Å². The second-order valence-electron chi connectivity index (χ2n) is 5.81. The van der Waals surface area contributed by atoms with E-state index in [0.29, 0.717) is 6.42 Å². The summed E-state index contributed by atoms with van der Waals surface area (Å²) in [6, 6.07) is 8.01. The van der Waals surface area contributed by atoms with Gasteiger partial charge in [0.25, 0.3) is 0 Å². The van der Waals surface area contributed by atoms with Crippen molar-refractivity contribution >= 4 is 28.7 Å². The average molecular weight is 417 g/mol. The Morgan fingerprint density at radius 3 is 2.59 bits per heavy atom. The zero-order valence-corrected chi connectivity index (χ0v) is 15.4. The number of methoxy groups -OCH3 is 1. The molecule has 1 aliphatic rings. The Hall–Kier alpha value is -0.820. The Morgan fingerprint density at radius 1 is 1.41 bits per heavy atom. The van der Waals surface area contributed by atoms with Crippen LogP contribution in [0.4, 0.5) is 4.79 Å². The maximum Gasteiger partial charge on any atom is 0.410 e. The van der Waals surface area contributed by atoms with E-state index in [1.165, 1.54) is 0 Å². The zero-order chi connectivity index (χ0) is 16.2. The molecule has 0 bridgehead atoms. The molecule has 2 rings (SSSR count). The molecule has 0 aliphatic heterocycles. The van der Waals surface area contributed by atoms with Crippen molar-refractivity contribution in [2.45, 2.75) is 57.2 Å². The Labute approximate surface area is 146 Å². The first-order valence-corrected chi connectivity index (χ1v) is 8.97. The molecule has 0 spiro atoms. The number of unbranched alkanes of at least 4 members (excludes halogenated alkanes) is 2. The second-order valence-corrected chi connectivity index (χ2v) is 6.97. The average Bonchev–Trinajstić information content (AvgIpc) is 3.31. The normalized spacial score (nSPS) is 17.0. The fourth-order valence-electron chi connectivity index (χ4n) is 3.03. The molecule has 1 aromatic rings. The molecule has 1 atom stereocenters.